The first-order valence-electron chi connectivity index (χ1n) is 5.89. The van der Waals surface area contributed by atoms with Crippen molar-refractivity contribution in [2.24, 2.45) is 5.73 Å². The summed E-state index contributed by atoms with van der Waals surface area (Å²) in [5.74, 6) is 0.367. The van der Waals surface area contributed by atoms with Crippen LogP contribution in [0, 0.1) is 6.92 Å². The molecule has 2 N–H and O–H groups in total. The summed E-state index contributed by atoms with van der Waals surface area (Å²) in [4.78, 5) is 5.76. The SMILES string of the molecule is Cc1cccc(Cc2cnc(C(C)CN)s2)c1. The van der Waals surface area contributed by atoms with Gasteiger partial charge in [0, 0.05) is 30.0 Å². The monoisotopic (exact) mass is 246 g/mol. The molecule has 0 bridgehead atoms. The second kappa shape index (κ2) is 5.43. The predicted octanol–water partition coefficient (Wildman–Crippen LogP) is 3.10. The normalized spacial score (nSPS) is 12.6. The van der Waals surface area contributed by atoms with Gasteiger partial charge < -0.3 is 5.73 Å². The van der Waals surface area contributed by atoms with Gasteiger partial charge in [-0.15, -0.1) is 11.3 Å². The molecule has 1 aromatic carbocycles. The van der Waals surface area contributed by atoms with Crippen molar-refractivity contribution in [3.8, 4) is 0 Å². The van der Waals surface area contributed by atoms with Crippen LogP contribution in [0.2, 0.25) is 0 Å². The van der Waals surface area contributed by atoms with Crippen molar-refractivity contribution in [1.82, 2.24) is 4.98 Å². The molecule has 0 radical (unpaired) electrons. The average molecular weight is 246 g/mol. The molecule has 1 atom stereocenters. The van der Waals surface area contributed by atoms with E-state index < -0.39 is 0 Å². The fourth-order valence-corrected chi connectivity index (χ4v) is 2.77. The van der Waals surface area contributed by atoms with E-state index in [0.717, 1.165) is 11.4 Å². The van der Waals surface area contributed by atoms with Crippen LogP contribution in [0.15, 0.2) is 30.5 Å². The van der Waals surface area contributed by atoms with E-state index in [-0.39, 0.29) is 0 Å². The van der Waals surface area contributed by atoms with E-state index in [1.54, 1.807) is 11.3 Å². The van der Waals surface area contributed by atoms with Gasteiger partial charge in [-0.1, -0.05) is 36.8 Å². The third kappa shape index (κ3) is 3.14. The number of aryl methyl sites for hydroxylation is 1. The summed E-state index contributed by atoms with van der Waals surface area (Å²) < 4.78 is 0. The minimum absolute atomic E-state index is 0.367. The van der Waals surface area contributed by atoms with Crippen LogP contribution in [0.4, 0.5) is 0 Å². The Morgan fingerprint density at radius 1 is 1.41 bits per heavy atom. The summed E-state index contributed by atoms with van der Waals surface area (Å²) in [6.45, 7) is 4.91. The number of benzene rings is 1. The van der Waals surface area contributed by atoms with Crippen molar-refractivity contribution in [2.45, 2.75) is 26.2 Å². The van der Waals surface area contributed by atoms with Crippen LogP contribution in [0.5, 0.6) is 0 Å². The van der Waals surface area contributed by atoms with Crippen molar-refractivity contribution in [1.29, 1.82) is 0 Å². The molecule has 2 nitrogen and oxygen atoms in total. The van der Waals surface area contributed by atoms with Gasteiger partial charge in [0.15, 0.2) is 0 Å². The highest BCUT2D eigenvalue weighted by atomic mass is 32.1. The summed E-state index contributed by atoms with van der Waals surface area (Å²) >= 11 is 1.78. The first-order chi connectivity index (χ1) is 8.19. The van der Waals surface area contributed by atoms with E-state index in [0.29, 0.717) is 12.5 Å². The highest BCUT2D eigenvalue weighted by Crippen LogP contribution is 2.23. The predicted molar refractivity (Wildman–Crippen MR) is 73.6 cm³/mol. The van der Waals surface area contributed by atoms with Crippen molar-refractivity contribution >= 4 is 11.3 Å². The first-order valence-corrected chi connectivity index (χ1v) is 6.71. The van der Waals surface area contributed by atoms with Crippen LogP contribution in [0.25, 0.3) is 0 Å². The van der Waals surface area contributed by atoms with Gasteiger partial charge >= 0.3 is 0 Å². The zero-order valence-electron chi connectivity index (χ0n) is 10.3. The number of nitrogens with two attached hydrogens (primary N) is 1. The second-order valence-corrected chi connectivity index (χ2v) is 5.61. The average Bonchev–Trinajstić information content (AvgIpc) is 2.76. The molecule has 0 fully saturated rings. The summed E-state index contributed by atoms with van der Waals surface area (Å²) in [6, 6.07) is 8.62. The lowest BCUT2D eigenvalue weighted by molar-refractivity contribution is 0.766. The Morgan fingerprint density at radius 3 is 2.94 bits per heavy atom. The molecular weight excluding hydrogens is 228 g/mol. The highest BCUT2D eigenvalue weighted by Gasteiger charge is 2.09. The van der Waals surface area contributed by atoms with Gasteiger partial charge in [0.2, 0.25) is 0 Å². The van der Waals surface area contributed by atoms with E-state index in [1.165, 1.54) is 16.0 Å². The number of aromatic nitrogens is 1. The summed E-state index contributed by atoms with van der Waals surface area (Å²) in [5.41, 5.74) is 8.31. The minimum Gasteiger partial charge on any atom is -0.330 e. The Balaban J connectivity index is 2.11. The molecule has 0 aliphatic carbocycles. The maximum Gasteiger partial charge on any atom is 0.0968 e. The molecule has 1 unspecified atom stereocenters. The largest absolute Gasteiger partial charge is 0.330 e. The lowest BCUT2D eigenvalue weighted by Gasteiger charge is -2.02. The van der Waals surface area contributed by atoms with Crippen molar-refractivity contribution < 1.29 is 0 Å². The molecule has 0 saturated carbocycles. The second-order valence-electron chi connectivity index (χ2n) is 4.47. The molecule has 0 saturated heterocycles. The molecule has 0 spiro atoms. The molecule has 3 heteroatoms. The molecule has 0 amide bonds. The van der Waals surface area contributed by atoms with Crippen LogP contribution in [-0.4, -0.2) is 11.5 Å². The summed E-state index contributed by atoms with van der Waals surface area (Å²) in [6.07, 6.45) is 2.95. The molecule has 2 aromatic rings. The lowest BCUT2D eigenvalue weighted by Crippen LogP contribution is -2.08. The maximum atomic E-state index is 5.65. The summed E-state index contributed by atoms with van der Waals surface area (Å²) in [5, 5.41) is 1.15. The van der Waals surface area contributed by atoms with E-state index in [9.17, 15) is 0 Å². The molecule has 2 rings (SSSR count). The molecule has 0 aliphatic heterocycles. The number of rotatable bonds is 4. The van der Waals surface area contributed by atoms with Crippen LogP contribution < -0.4 is 5.73 Å². The zero-order valence-corrected chi connectivity index (χ0v) is 11.1. The Bertz CT molecular complexity index is 490. The molecular formula is C14H18N2S. The third-order valence-electron chi connectivity index (χ3n) is 2.81. The van der Waals surface area contributed by atoms with Crippen LogP contribution >= 0.6 is 11.3 Å². The fourth-order valence-electron chi connectivity index (χ4n) is 1.76. The van der Waals surface area contributed by atoms with E-state index in [1.807, 2.05) is 6.20 Å². The smallest absolute Gasteiger partial charge is 0.0968 e. The minimum atomic E-state index is 0.367. The van der Waals surface area contributed by atoms with Crippen molar-refractivity contribution in [3.63, 3.8) is 0 Å². The Labute approximate surface area is 107 Å². The standard InChI is InChI=1S/C14H18N2S/c1-10-4-3-5-12(6-10)7-13-9-16-14(17-13)11(2)8-15/h3-6,9,11H,7-8,15H2,1-2H3. The van der Waals surface area contributed by atoms with Gasteiger partial charge in [-0.25, -0.2) is 4.98 Å². The zero-order chi connectivity index (χ0) is 12.3. The van der Waals surface area contributed by atoms with Gasteiger partial charge in [0.25, 0.3) is 0 Å². The Kier molecular flexibility index (Phi) is 3.92. The molecule has 17 heavy (non-hydrogen) atoms. The number of thiazole rings is 1. The highest BCUT2D eigenvalue weighted by molar-refractivity contribution is 7.11. The van der Waals surface area contributed by atoms with Gasteiger partial charge in [-0.3, -0.25) is 0 Å². The quantitative estimate of drug-likeness (QED) is 0.900. The molecule has 1 aromatic heterocycles. The number of nitrogens with zero attached hydrogens (tertiary/aromatic N) is 1. The molecule has 0 aliphatic rings. The Hall–Kier alpha value is -1.19. The van der Waals surface area contributed by atoms with Crippen LogP contribution in [-0.2, 0) is 6.42 Å². The number of hydrogen-bond donors (Lipinski definition) is 1. The topological polar surface area (TPSA) is 38.9 Å². The van der Waals surface area contributed by atoms with Gasteiger partial charge in [-0.2, -0.15) is 0 Å². The van der Waals surface area contributed by atoms with E-state index >= 15 is 0 Å². The first kappa shape index (κ1) is 12.3. The summed E-state index contributed by atoms with van der Waals surface area (Å²) in [7, 11) is 0. The van der Waals surface area contributed by atoms with E-state index in [4.69, 9.17) is 5.73 Å². The van der Waals surface area contributed by atoms with Crippen molar-refractivity contribution in [3.05, 3.63) is 51.5 Å². The van der Waals surface area contributed by atoms with Gasteiger partial charge in [0.1, 0.15) is 0 Å². The Morgan fingerprint density at radius 2 is 2.24 bits per heavy atom. The van der Waals surface area contributed by atoms with Gasteiger partial charge in [-0.05, 0) is 12.5 Å². The molecule has 1 heterocycles. The maximum absolute atomic E-state index is 5.65. The van der Waals surface area contributed by atoms with Gasteiger partial charge in [0.05, 0.1) is 5.01 Å². The fraction of sp³-hybridized carbons (Fsp3) is 0.357. The third-order valence-corrected chi connectivity index (χ3v) is 4.04. The van der Waals surface area contributed by atoms with E-state index in [2.05, 4.69) is 43.1 Å². The molecule has 90 valence electrons. The van der Waals surface area contributed by atoms with Crippen LogP contribution in [0.3, 0.4) is 0 Å². The number of hydrogen-bond acceptors (Lipinski definition) is 3. The lowest BCUT2D eigenvalue weighted by atomic mass is 10.1. The van der Waals surface area contributed by atoms with Crippen molar-refractivity contribution in [2.75, 3.05) is 6.54 Å². The van der Waals surface area contributed by atoms with Crippen LogP contribution in [0.1, 0.15) is 33.9 Å².